The molecule has 1 saturated heterocycles. The van der Waals surface area contributed by atoms with Crippen LogP contribution in [0.15, 0.2) is 24.3 Å². The van der Waals surface area contributed by atoms with Crippen LogP contribution in [0.25, 0.3) is 0 Å². The third-order valence-corrected chi connectivity index (χ3v) is 4.36. The molecule has 1 N–H and O–H groups in total. The molecule has 1 aromatic rings. The van der Waals surface area contributed by atoms with Crippen LogP contribution >= 0.6 is 0 Å². The molecule has 2 atom stereocenters. The van der Waals surface area contributed by atoms with Crippen molar-refractivity contribution in [3.8, 4) is 5.75 Å². The summed E-state index contributed by atoms with van der Waals surface area (Å²) >= 11 is 0. The minimum Gasteiger partial charge on any atom is -0.488 e. The van der Waals surface area contributed by atoms with Crippen molar-refractivity contribution in [2.75, 3.05) is 32.8 Å². The fourth-order valence-electron chi connectivity index (χ4n) is 3.11. The largest absolute Gasteiger partial charge is 0.488 e. The molecule has 2 aliphatic rings. The highest BCUT2D eigenvalue weighted by Crippen LogP contribution is 2.27. The molecule has 2 heterocycles. The van der Waals surface area contributed by atoms with E-state index in [-0.39, 0.29) is 6.10 Å². The van der Waals surface area contributed by atoms with E-state index in [9.17, 15) is 0 Å². The van der Waals surface area contributed by atoms with Gasteiger partial charge in [0.25, 0.3) is 0 Å². The maximum absolute atomic E-state index is 5.94. The van der Waals surface area contributed by atoms with Crippen LogP contribution in [0.2, 0.25) is 0 Å². The van der Waals surface area contributed by atoms with Gasteiger partial charge in [-0.05, 0) is 25.5 Å². The Morgan fingerprint density at radius 1 is 1.24 bits per heavy atom. The fourth-order valence-corrected chi connectivity index (χ4v) is 3.11. The van der Waals surface area contributed by atoms with Crippen molar-refractivity contribution in [3.05, 3.63) is 29.8 Å². The normalized spacial score (nSPS) is 25.9. The SMILES string of the molecule is CC(C)N1CCOC(CNCC2Cc3ccccc3O2)C1. The van der Waals surface area contributed by atoms with E-state index in [1.807, 2.05) is 6.07 Å². The van der Waals surface area contributed by atoms with Crippen LogP contribution < -0.4 is 10.1 Å². The summed E-state index contributed by atoms with van der Waals surface area (Å²) in [5.41, 5.74) is 1.32. The number of hydrogen-bond donors (Lipinski definition) is 1. The van der Waals surface area contributed by atoms with E-state index < -0.39 is 0 Å². The van der Waals surface area contributed by atoms with Gasteiger partial charge in [-0.3, -0.25) is 4.90 Å². The second-order valence-electron chi connectivity index (χ2n) is 6.29. The van der Waals surface area contributed by atoms with Crippen LogP contribution in [0, 0.1) is 0 Å². The van der Waals surface area contributed by atoms with Gasteiger partial charge in [0.05, 0.1) is 12.7 Å². The molecule has 1 fully saturated rings. The van der Waals surface area contributed by atoms with Gasteiger partial charge in [0.1, 0.15) is 11.9 Å². The predicted octanol–water partition coefficient (Wildman–Crippen LogP) is 1.69. The lowest BCUT2D eigenvalue weighted by Gasteiger charge is -2.35. The fraction of sp³-hybridized carbons (Fsp3) is 0.647. The van der Waals surface area contributed by atoms with E-state index in [4.69, 9.17) is 9.47 Å². The Labute approximate surface area is 127 Å². The standard InChI is InChI=1S/C17H26N2O2/c1-13(2)19-7-8-20-16(12-19)11-18-10-15-9-14-5-3-4-6-17(14)21-15/h3-6,13,15-16,18H,7-12H2,1-2H3. The first-order valence-corrected chi connectivity index (χ1v) is 8.03. The predicted molar refractivity (Wildman–Crippen MR) is 83.9 cm³/mol. The van der Waals surface area contributed by atoms with Crippen molar-refractivity contribution in [2.45, 2.75) is 38.5 Å². The van der Waals surface area contributed by atoms with Gasteiger partial charge in [0, 0.05) is 38.6 Å². The van der Waals surface area contributed by atoms with E-state index in [1.165, 1.54) is 5.56 Å². The summed E-state index contributed by atoms with van der Waals surface area (Å²) < 4.78 is 11.8. The lowest BCUT2D eigenvalue weighted by Crippen LogP contribution is -2.49. The molecule has 0 aliphatic carbocycles. The summed E-state index contributed by atoms with van der Waals surface area (Å²) in [4.78, 5) is 2.48. The highest BCUT2D eigenvalue weighted by atomic mass is 16.5. The zero-order chi connectivity index (χ0) is 14.7. The van der Waals surface area contributed by atoms with E-state index in [0.717, 1.165) is 45.0 Å². The lowest BCUT2D eigenvalue weighted by molar-refractivity contribution is -0.0376. The average Bonchev–Trinajstić information content (AvgIpc) is 2.90. The van der Waals surface area contributed by atoms with Crippen LogP contribution in [-0.4, -0.2) is 55.9 Å². The van der Waals surface area contributed by atoms with Crippen LogP contribution in [0.4, 0.5) is 0 Å². The number of hydrogen-bond acceptors (Lipinski definition) is 4. The summed E-state index contributed by atoms with van der Waals surface area (Å²) in [6, 6.07) is 8.92. The van der Waals surface area contributed by atoms with Gasteiger partial charge < -0.3 is 14.8 Å². The van der Waals surface area contributed by atoms with E-state index in [0.29, 0.717) is 12.1 Å². The van der Waals surface area contributed by atoms with Crippen molar-refractivity contribution in [1.82, 2.24) is 10.2 Å². The highest BCUT2D eigenvalue weighted by molar-refractivity contribution is 5.37. The first-order valence-electron chi connectivity index (χ1n) is 8.03. The quantitative estimate of drug-likeness (QED) is 0.895. The van der Waals surface area contributed by atoms with Crippen LogP contribution in [0.5, 0.6) is 5.75 Å². The maximum atomic E-state index is 5.94. The third-order valence-electron chi connectivity index (χ3n) is 4.36. The van der Waals surface area contributed by atoms with Gasteiger partial charge >= 0.3 is 0 Å². The van der Waals surface area contributed by atoms with Gasteiger partial charge in [0.15, 0.2) is 0 Å². The topological polar surface area (TPSA) is 33.7 Å². The molecule has 0 spiro atoms. The van der Waals surface area contributed by atoms with Gasteiger partial charge in [-0.25, -0.2) is 0 Å². The molecule has 0 saturated carbocycles. The first-order chi connectivity index (χ1) is 10.2. The van der Waals surface area contributed by atoms with Gasteiger partial charge in [-0.1, -0.05) is 18.2 Å². The molecule has 0 aromatic heterocycles. The van der Waals surface area contributed by atoms with E-state index in [2.05, 4.69) is 42.3 Å². The van der Waals surface area contributed by atoms with Gasteiger partial charge in [-0.2, -0.15) is 0 Å². The Morgan fingerprint density at radius 3 is 2.86 bits per heavy atom. The second kappa shape index (κ2) is 6.77. The molecule has 4 heteroatoms. The number of morpholine rings is 1. The van der Waals surface area contributed by atoms with Crippen molar-refractivity contribution in [3.63, 3.8) is 0 Å². The molecule has 0 radical (unpaired) electrons. The molecule has 4 nitrogen and oxygen atoms in total. The van der Waals surface area contributed by atoms with Crippen molar-refractivity contribution >= 4 is 0 Å². The average molecular weight is 290 g/mol. The summed E-state index contributed by atoms with van der Waals surface area (Å²) in [6.07, 6.45) is 1.56. The van der Waals surface area contributed by atoms with Crippen molar-refractivity contribution in [1.29, 1.82) is 0 Å². The summed E-state index contributed by atoms with van der Waals surface area (Å²) in [6.45, 7) is 9.20. The Bertz CT molecular complexity index is 439. The number of rotatable bonds is 5. The number of benzene rings is 1. The smallest absolute Gasteiger partial charge is 0.123 e. The summed E-state index contributed by atoms with van der Waals surface area (Å²) in [7, 11) is 0. The molecule has 2 aliphatic heterocycles. The molecule has 0 bridgehead atoms. The number of para-hydroxylation sites is 1. The zero-order valence-electron chi connectivity index (χ0n) is 13.0. The van der Waals surface area contributed by atoms with Crippen LogP contribution in [0.3, 0.4) is 0 Å². The Kier molecular flexibility index (Phi) is 4.78. The highest BCUT2D eigenvalue weighted by Gasteiger charge is 2.24. The minimum atomic E-state index is 0.257. The summed E-state index contributed by atoms with van der Waals surface area (Å²) in [5, 5.41) is 3.51. The van der Waals surface area contributed by atoms with Crippen molar-refractivity contribution in [2.24, 2.45) is 0 Å². The molecule has 3 rings (SSSR count). The molecular formula is C17H26N2O2. The monoisotopic (exact) mass is 290 g/mol. The third kappa shape index (κ3) is 3.76. The Morgan fingerprint density at radius 2 is 2.05 bits per heavy atom. The molecule has 1 aromatic carbocycles. The number of ether oxygens (including phenoxy) is 2. The van der Waals surface area contributed by atoms with Crippen LogP contribution in [0.1, 0.15) is 19.4 Å². The molecule has 0 amide bonds. The van der Waals surface area contributed by atoms with Crippen molar-refractivity contribution < 1.29 is 9.47 Å². The molecule has 21 heavy (non-hydrogen) atoms. The number of nitrogens with one attached hydrogen (secondary N) is 1. The molecule has 2 unspecified atom stereocenters. The minimum absolute atomic E-state index is 0.257. The zero-order valence-corrected chi connectivity index (χ0v) is 13.0. The van der Waals surface area contributed by atoms with Crippen LogP contribution in [-0.2, 0) is 11.2 Å². The lowest BCUT2D eigenvalue weighted by atomic mass is 10.1. The van der Waals surface area contributed by atoms with Gasteiger partial charge in [-0.15, -0.1) is 0 Å². The first kappa shape index (κ1) is 14.8. The summed E-state index contributed by atoms with van der Waals surface area (Å²) in [5.74, 6) is 1.05. The van der Waals surface area contributed by atoms with E-state index >= 15 is 0 Å². The maximum Gasteiger partial charge on any atom is 0.123 e. The Balaban J connectivity index is 1.39. The number of fused-ring (bicyclic) bond motifs is 1. The number of nitrogens with zero attached hydrogens (tertiary/aromatic N) is 1. The van der Waals surface area contributed by atoms with E-state index in [1.54, 1.807) is 0 Å². The molecule has 116 valence electrons. The van der Waals surface area contributed by atoms with Gasteiger partial charge in [0.2, 0.25) is 0 Å². The second-order valence-corrected chi connectivity index (χ2v) is 6.29. The Hall–Kier alpha value is -1.10. The molecular weight excluding hydrogens is 264 g/mol.